The summed E-state index contributed by atoms with van der Waals surface area (Å²) < 4.78 is 31.3. The number of hydrogen-bond donors (Lipinski definition) is 4. The van der Waals surface area contributed by atoms with Crippen LogP contribution in [0.15, 0.2) is 70.2 Å². The van der Waals surface area contributed by atoms with Gasteiger partial charge in [0.1, 0.15) is 5.69 Å². The minimum Gasteiger partial charge on any atom is -0.382 e. The van der Waals surface area contributed by atoms with E-state index in [-0.39, 0.29) is 16.7 Å². The number of nitrogens with two attached hydrogens (primary N) is 2. The molecular weight excluding hydrogens is 468 g/mol. The molecule has 6 N–H and O–H groups in total. The lowest BCUT2D eigenvalue weighted by atomic mass is 10.1. The van der Waals surface area contributed by atoms with E-state index in [0.717, 1.165) is 15.4 Å². The molecule has 12 heteroatoms. The normalized spacial score (nSPS) is 11.5. The average molecular weight is 493 g/mol. The Balaban J connectivity index is 1.59. The van der Waals surface area contributed by atoms with Crippen LogP contribution in [0, 0.1) is 5.41 Å². The molecule has 0 aliphatic carbocycles. The van der Waals surface area contributed by atoms with E-state index in [1.54, 1.807) is 18.2 Å². The minimum absolute atomic E-state index is 0.0920. The van der Waals surface area contributed by atoms with Gasteiger partial charge in [0.05, 0.1) is 16.8 Å². The van der Waals surface area contributed by atoms with Crippen molar-refractivity contribution in [2.45, 2.75) is 11.4 Å². The second-order valence-electron chi connectivity index (χ2n) is 7.84. The quantitative estimate of drug-likeness (QED) is 0.222. The van der Waals surface area contributed by atoms with Crippen molar-refractivity contribution in [3.05, 3.63) is 66.4 Å². The van der Waals surface area contributed by atoms with Crippen molar-refractivity contribution in [3.63, 3.8) is 0 Å². The molecule has 4 rings (SSSR count). The van der Waals surface area contributed by atoms with Gasteiger partial charge in [-0.05, 0) is 17.7 Å². The highest BCUT2D eigenvalue weighted by atomic mass is 32.2. The highest BCUT2D eigenvalue weighted by Crippen LogP contribution is 2.30. The van der Waals surface area contributed by atoms with Crippen LogP contribution in [0.1, 0.15) is 5.56 Å². The van der Waals surface area contributed by atoms with Crippen molar-refractivity contribution in [1.82, 2.24) is 24.7 Å². The maximum absolute atomic E-state index is 12.3. The zero-order chi connectivity index (χ0) is 25.2. The van der Waals surface area contributed by atoms with E-state index in [1.165, 1.54) is 32.4 Å². The average Bonchev–Trinajstić information content (AvgIpc) is 3.33. The van der Waals surface area contributed by atoms with Gasteiger partial charge in [0.15, 0.2) is 23.2 Å². The van der Waals surface area contributed by atoms with Crippen molar-refractivity contribution in [1.29, 1.82) is 5.41 Å². The van der Waals surface area contributed by atoms with Crippen LogP contribution in [0.5, 0.6) is 0 Å². The zero-order valence-electron chi connectivity index (χ0n) is 19.1. The molecule has 2 heterocycles. The Morgan fingerprint density at radius 1 is 1.06 bits per heavy atom. The van der Waals surface area contributed by atoms with Gasteiger partial charge in [0, 0.05) is 37.8 Å². The molecule has 0 amide bonds. The predicted molar refractivity (Wildman–Crippen MR) is 132 cm³/mol. The predicted octanol–water partition coefficient (Wildman–Crippen LogP) is 2.28. The fraction of sp³-hybridized carbons (Fsp3) is 0.130. The fourth-order valence-electron chi connectivity index (χ4n) is 3.24. The first-order chi connectivity index (χ1) is 16.6. The highest BCUT2D eigenvalue weighted by molar-refractivity contribution is 7.89. The molecule has 180 valence electrons. The van der Waals surface area contributed by atoms with Gasteiger partial charge in [-0.15, -0.1) is 0 Å². The Bertz CT molecular complexity index is 1460. The number of nitrogen functional groups attached to an aromatic ring is 1. The lowest BCUT2D eigenvalue weighted by Crippen LogP contribution is -2.29. The zero-order valence-corrected chi connectivity index (χ0v) is 19.9. The maximum Gasteiger partial charge on any atom is 0.242 e. The maximum atomic E-state index is 12.3. The number of sulfonamides is 1. The Morgan fingerprint density at radius 2 is 1.69 bits per heavy atom. The number of anilines is 1. The van der Waals surface area contributed by atoms with Gasteiger partial charge in [0.2, 0.25) is 10.0 Å². The van der Waals surface area contributed by atoms with Crippen LogP contribution in [0.2, 0.25) is 0 Å². The molecule has 0 aliphatic rings. The Morgan fingerprint density at radius 3 is 2.31 bits per heavy atom. The third-order valence-corrected chi connectivity index (χ3v) is 7.03. The molecule has 0 atom stereocenters. The number of rotatable bonds is 7. The van der Waals surface area contributed by atoms with Gasteiger partial charge in [-0.3, -0.25) is 5.41 Å². The molecule has 2 aromatic heterocycles. The Kier molecular flexibility index (Phi) is 6.49. The first-order valence-corrected chi connectivity index (χ1v) is 11.9. The van der Waals surface area contributed by atoms with Crippen LogP contribution in [-0.4, -0.2) is 47.9 Å². The van der Waals surface area contributed by atoms with Crippen LogP contribution >= 0.6 is 0 Å². The molecule has 0 fully saturated rings. The summed E-state index contributed by atoms with van der Waals surface area (Å²) in [6.07, 6.45) is 1.51. The largest absolute Gasteiger partial charge is 0.382 e. The summed E-state index contributed by atoms with van der Waals surface area (Å²) in [5.74, 6) is 0.431. The lowest BCUT2D eigenvalue weighted by molar-refractivity contribution is 0.434. The van der Waals surface area contributed by atoms with Gasteiger partial charge in [-0.1, -0.05) is 41.6 Å². The number of guanidine groups is 1. The van der Waals surface area contributed by atoms with Gasteiger partial charge >= 0.3 is 0 Å². The third-order valence-electron chi connectivity index (χ3n) is 5.21. The van der Waals surface area contributed by atoms with Gasteiger partial charge in [0.25, 0.3) is 0 Å². The van der Waals surface area contributed by atoms with E-state index in [4.69, 9.17) is 21.4 Å². The van der Waals surface area contributed by atoms with Crippen molar-refractivity contribution in [2.75, 3.05) is 19.8 Å². The molecule has 0 unspecified atom stereocenters. The molecule has 0 spiro atoms. The second-order valence-corrected chi connectivity index (χ2v) is 9.99. The van der Waals surface area contributed by atoms with Crippen LogP contribution in [0.3, 0.4) is 0 Å². The molecule has 0 aliphatic heterocycles. The summed E-state index contributed by atoms with van der Waals surface area (Å²) in [6.45, 7) is 0.445. The fourth-order valence-corrected chi connectivity index (χ4v) is 4.14. The summed E-state index contributed by atoms with van der Waals surface area (Å²) in [4.78, 5) is 8.99. The third kappa shape index (κ3) is 5.13. The van der Waals surface area contributed by atoms with E-state index in [2.05, 4.69) is 20.4 Å². The molecule has 0 saturated carbocycles. The number of hydrogen-bond acceptors (Lipinski definition) is 8. The first kappa shape index (κ1) is 23.9. The van der Waals surface area contributed by atoms with E-state index in [0.29, 0.717) is 35.0 Å². The topological polar surface area (TPSA) is 177 Å². The van der Waals surface area contributed by atoms with Crippen molar-refractivity contribution in [3.8, 4) is 34.0 Å². The summed E-state index contributed by atoms with van der Waals surface area (Å²) >= 11 is 0. The van der Waals surface area contributed by atoms with Crippen LogP contribution in [0.4, 0.5) is 5.82 Å². The van der Waals surface area contributed by atoms with Gasteiger partial charge < -0.3 is 21.3 Å². The summed E-state index contributed by atoms with van der Waals surface area (Å²) in [5.41, 5.74) is 15.3. The summed E-state index contributed by atoms with van der Waals surface area (Å²) in [6, 6.07) is 15.6. The number of nitrogens with zero attached hydrogens (tertiary/aromatic N) is 4. The highest BCUT2D eigenvalue weighted by Gasteiger charge is 2.18. The van der Waals surface area contributed by atoms with E-state index in [1.807, 2.05) is 24.3 Å². The summed E-state index contributed by atoms with van der Waals surface area (Å²) in [5, 5.41) is 14.1. The Labute approximate surface area is 202 Å². The first-order valence-electron chi connectivity index (χ1n) is 10.4. The van der Waals surface area contributed by atoms with Crippen LogP contribution in [0.25, 0.3) is 34.0 Å². The molecule has 2 aromatic carbocycles. The Hall–Kier alpha value is -4.29. The minimum atomic E-state index is -3.53. The smallest absolute Gasteiger partial charge is 0.242 e. The van der Waals surface area contributed by atoms with E-state index < -0.39 is 10.0 Å². The van der Waals surface area contributed by atoms with Crippen LogP contribution in [-0.2, 0) is 16.6 Å². The van der Waals surface area contributed by atoms with Crippen molar-refractivity contribution < 1.29 is 12.9 Å². The molecule has 4 aromatic rings. The number of aromatic nitrogens is 3. The van der Waals surface area contributed by atoms with E-state index in [9.17, 15) is 8.42 Å². The summed E-state index contributed by atoms with van der Waals surface area (Å²) in [7, 11) is -0.574. The van der Waals surface area contributed by atoms with E-state index >= 15 is 0 Å². The molecule has 0 radical (unpaired) electrons. The van der Waals surface area contributed by atoms with Crippen LogP contribution < -0.4 is 16.8 Å². The number of benzene rings is 2. The standard InChI is InChI=1S/C23H24N8O3S/c1-31(2)35(32,33)17-9-7-16(8-10-17)19-13-27-22(24)21(29-19)20-11-18(30-34-20)15-5-3-14(4-6-15)12-28-23(25)26/h3-11,13H,12H2,1-2H3,(H2,24,27)(H4,25,26,28). The van der Waals surface area contributed by atoms with Gasteiger partial charge in [-0.25, -0.2) is 22.7 Å². The molecule has 35 heavy (non-hydrogen) atoms. The molecular formula is C23H24N8O3S. The SMILES string of the molecule is CN(C)S(=O)(=O)c1ccc(-c2cnc(N)c(-c3cc(-c4ccc(CNC(=N)N)cc4)no3)n2)cc1. The molecule has 11 nitrogen and oxygen atoms in total. The van der Waals surface area contributed by atoms with Gasteiger partial charge in [-0.2, -0.15) is 0 Å². The molecule has 0 bridgehead atoms. The second kappa shape index (κ2) is 9.52. The molecule has 0 saturated heterocycles. The lowest BCUT2D eigenvalue weighted by Gasteiger charge is -2.11. The van der Waals surface area contributed by atoms with Crippen molar-refractivity contribution in [2.24, 2.45) is 5.73 Å². The van der Waals surface area contributed by atoms with Crippen molar-refractivity contribution >= 4 is 21.8 Å². The number of nitrogens with one attached hydrogen (secondary N) is 2. The monoisotopic (exact) mass is 492 g/mol.